The number of alkyl halides is 2. The monoisotopic (exact) mass is 628 g/mol. The number of hydrogen-bond donors (Lipinski definition) is 1. The summed E-state index contributed by atoms with van der Waals surface area (Å²) in [5, 5.41) is 9.75. The van der Waals surface area contributed by atoms with Crippen LogP contribution in [0, 0.1) is 75.9 Å². The lowest BCUT2D eigenvalue weighted by molar-refractivity contribution is -0.156. The van der Waals surface area contributed by atoms with E-state index in [2.05, 4.69) is 13.8 Å². The minimum Gasteiger partial charge on any atom is -0.396 e. The number of hydrogen-bond acceptors (Lipinski definition) is 4. The molecule has 0 aromatic carbocycles. The van der Waals surface area contributed by atoms with Gasteiger partial charge in [0.2, 0.25) is 0 Å². The van der Waals surface area contributed by atoms with E-state index in [0.29, 0.717) is 68.2 Å². The first kappa shape index (κ1) is 31.4. The Kier molecular flexibility index (Phi) is 7.72. The summed E-state index contributed by atoms with van der Waals surface area (Å²) >= 11 is 0. The van der Waals surface area contributed by atoms with Crippen molar-refractivity contribution in [3.63, 3.8) is 0 Å². The summed E-state index contributed by atoms with van der Waals surface area (Å²) in [5.41, 5.74) is -2.77. The van der Waals surface area contributed by atoms with E-state index in [1.54, 1.807) is 0 Å². The van der Waals surface area contributed by atoms with Crippen molar-refractivity contribution in [1.29, 1.82) is 0 Å². The van der Waals surface area contributed by atoms with Crippen LogP contribution in [0.15, 0.2) is 0 Å². The molecule has 8 rings (SSSR count). The number of carbonyl (C=O) groups is 2. The molecule has 45 heavy (non-hydrogen) atoms. The Morgan fingerprint density at radius 3 is 2.02 bits per heavy atom. The van der Waals surface area contributed by atoms with Gasteiger partial charge in [0.1, 0.15) is 22.9 Å². The zero-order valence-corrected chi connectivity index (χ0v) is 27.9. The van der Waals surface area contributed by atoms with Gasteiger partial charge < -0.3 is 9.84 Å². The molecule has 8 fully saturated rings. The maximum absolute atomic E-state index is 17.0. The Labute approximate surface area is 269 Å². The fraction of sp³-hybridized carbons (Fsp3) is 0.949. The van der Waals surface area contributed by atoms with Crippen molar-refractivity contribution in [2.75, 3.05) is 19.8 Å². The van der Waals surface area contributed by atoms with Gasteiger partial charge in [-0.25, -0.2) is 8.78 Å². The zero-order chi connectivity index (χ0) is 31.4. The molecule has 4 nitrogen and oxygen atoms in total. The molecule has 8 aliphatic carbocycles. The van der Waals surface area contributed by atoms with Crippen LogP contribution < -0.4 is 0 Å². The van der Waals surface area contributed by atoms with Gasteiger partial charge in [0.25, 0.3) is 0 Å². The minimum absolute atomic E-state index is 0.0357. The molecule has 8 aliphatic rings. The lowest BCUT2D eigenvalue weighted by Gasteiger charge is -2.58. The molecule has 1 N–H and O–H groups in total. The second-order valence-electron chi connectivity index (χ2n) is 18.3. The van der Waals surface area contributed by atoms with Gasteiger partial charge in [-0.15, -0.1) is 0 Å². The van der Waals surface area contributed by atoms with Crippen LogP contribution in [-0.4, -0.2) is 47.8 Å². The summed E-state index contributed by atoms with van der Waals surface area (Å²) in [7, 11) is 0. The van der Waals surface area contributed by atoms with E-state index in [9.17, 15) is 14.7 Å². The molecule has 8 saturated carbocycles. The largest absolute Gasteiger partial charge is 0.396 e. The highest BCUT2D eigenvalue weighted by Crippen LogP contribution is 2.66. The highest BCUT2D eigenvalue weighted by molar-refractivity contribution is 5.88. The molecule has 0 aliphatic heterocycles. The first-order valence-electron chi connectivity index (χ1n) is 19.1. The molecule has 0 aromatic rings. The molecule has 0 radical (unpaired) electrons. The standard InChI is InChI=1S/C39H58F2O4/c1-36-13-11-31-28(30(36)7-8-33(36)43)5-3-27-18-24(10-16-38(27,31)40)21-45-22-25-19-34(44)37(2)14-12-32-29(35(25)37)6-4-26-17-23(20-42)9-15-39(26,32)41/h23-32,35,42H,3-22H2,1-2H3/t23?,24-,25?,26+,27+,28-,29+,30?,31?,32?,35?,36-,37+,38+,39+/m0/s1. The Bertz CT molecular complexity index is 1190. The molecule has 0 saturated heterocycles. The average molecular weight is 629 g/mol. The second-order valence-corrected chi connectivity index (χ2v) is 18.3. The van der Waals surface area contributed by atoms with Gasteiger partial charge in [0.15, 0.2) is 0 Å². The number of Topliss-reactive ketones (excluding diaryl/α,β-unsaturated/α-hetero) is 2. The van der Waals surface area contributed by atoms with E-state index in [4.69, 9.17) is 4.74 Å². The number of halogens is 2. The number of fused-ring (bicyclic) bond motifs is 10. The molecule has 6 heteroatoms. The first-order chi connectivity index (χ1) is 21.5. The molecular formula is C39H58F2O4. The minimum atomic E-state index is -1.14. The fourth-order valence-corrected chi connectivity index (χ4v) is 14.4. The van der Waals surface area contributed by atoms with E-state index in [0.717, 1.165) is 83.5 Å². The molecule has 0 amide bonds. The molecule has 0 heterocycles. The average Bonchev–Trinajstić information content (AvgIpc) is 3.47. The van der Waals surface area contributed by atoms with Gasteiger partial charge >= 0.3 is 0 Å². The molecule has 0 aromatic heterocycles. The van der Waals surface area contributed by atoms with Crippen molar-refractivity contribution in [2.45, 2.75) is 134 Å². The van der Waals surface area contributed by atoms with Crippen LogP contribution in [0.3, 0.4) is 0 Å². The number of rotatable bonds is 5. The quantitative estimate of drug-likeness (QED) is 0.334. The van der Waals surface area contributed by atoms with Crippen LogP contribution >= 0.6 is 0 Å². The number of ether oxygens (including phenoxy) is 1. The third-order valence-corrected chi connectivity index (χ3v) is 16.8. The normalized spacial score (nSPS) is 55.6. The summed E-state index contributed by atoms with van der Waals surface area (Å²) in [6.07, 6.45) is 14.1. The Morgan fingerprint density at radius 2 is 1.31 bits per heavy atom. The molecule has 252 valence electrons. The molecule has 15 atom stereocenters. The topological polar surface area (TPSA) is 63.6 Å². The van der Waals surface area contributed by atoms with E-state index < -0.39 is 11.3 Å². The predicted molar refractivity (Wildman–Crippen MR) is 169 cm³/mol. The number of aliphatic hydroxyl groups excluding tert-OH is 1. The summed E-state index contributed by atoms with van der Waals surface area (Å²) in [5.74, 6) is 3.10. The van der Waals surface area contributed by atoms with Gasteiger partial charge in [0, 0.05) is 36.9 Å². The summed E-state index contributed by atoms with van der Waals surface area (Å²) in [6.45, 7) is 5.74. The van der Waals surface area contributed by atoms with Crippen molar-refractivity contribution < 1.29 is 28.2 Å². The molecule has 0 spiro atoms. The van der Waals surface area contributed by atoms with Crippen molar-refractivity contribution in [3.05, 3.63) is 0 Å². The van der Waals surface area contributed by atoms with Gasteiger partial charge in [-0.1, -0.05) is 13.8 Å². The van der Waals surface area contributed by atoms with E-state index in [1.165, 1.54) is 0 Å². The maximum Gasteiger partial charge on any atom is 0.139 e. The van der Waals surface area contributed by atoms with Gasteiger partial charge in [-0.05, 0) is 161 Å². The first-order valence-corrected chi connectivity index (χ1v) is 19.1. The summed E-state index contributed by atoms with van der Waals surface area (Å²) < 4.78 is 40.4. The molecular weight excluding hydrogens is 570 g/mol. The predicted octanol–water partition coefficient (Wildman–Crippen LogP) is 8.08. The maximum atomic E-state index is 17.0. The van der Waals surface area contributed by atoms with Gasteiger partial charge in [0.05, 0.1) is 6.61 Å². The molecule has 6 unspecified atom stereocenters. The smallest absolute Gasteiger partial charge is 0.139 e. The van der Waals surface area contributed by atoms with Crippen LogP contribution in [0.25, 0.3) is 0 Å². The van der Waals surface area contributed by atoms with E-state index in [-0.39, 0.29) is 64.8 Å². The van der Waals surface area contributed by atoms with Crippen LogP contribution in [0.5, 0.6) is 0 Å². The fourth-order valence-electron chi connectivity index (χ4n) is 14.4. The van der Waals surface area contributed by atoms with Crippen molar-refractivity contribution in [2.24, 2.45) is 75.9 Å². The van der Waals surface area contributed by atoms with Crippen molar-refractivity contribution in [1.82, 2.24) is 0 Å². The summed E-state index contributed by atoms with van der Waals surface area (Å²) in [6, 6.07) is 0. The number of ketones is 2. The zero-order valence-electron chi connectivity index (χ0n) is 27.9. The molecule has 0 bridgehead atoms. The Hall–Kier alpha value is -0.880. The lowest BCUT2D eigenvalue weighted by atomic mass is 9.48. The van der Waals surface area contributed by atoms with Gasteiger partial charge in [-0.3, -0.25) is 9.59 Å². The van der Waals surface area contributed by atoms with Crippen LogP contribution in [0.2, 0.25) is 0 Å². The SMILES string of the molecule is C[C@]12CCC3[C@@H](CC[C@@H]4C[C@@H](COCC5CC(=O)[C@@]6(C)CCC7[C@@H](CC[C@@H]8CC(CO)CC[C@]78F)C56)CC[C@]34F)C1CCC2=O. The van der Waals surface area contributed by atoms with Crippen LogP contribution in [-0.2, 0) is 14.3 Å². The third kappa shape index (κ3) is 4.58. The van der Waals surface area contributed by atoms with E-state index in [1.807, 2.05) is 0 Å². The third-order valence-electron chi connectivity index (χ3n) is 16.8. The van der Waals surface area contributed by atoms with Crippen molar-refractivity contribution in [3.8, 4) is 0 Å². The highest BCUT2D eigenvalue weighted by atomic mass is 19.1. The number of carbonyl (C=O) groups excluding carboxylic acids is 2. The number of aliphatic hydroxyl groups is 1. The van der Waals surface area contributed by atoms with E-state index >= 15 is 8.78 Å². The summed E-state index contributed by atoms with van der Waals surface area (Å²) in [4.78, 5) is 26.2. The Balaban J connectivity index is 0.899. The lowest BCUT2D eigenvalue weighted by Crippen LogP contribution is -2.57. The van der Waals surface area contributed by atoms with Crippen LogP contribution in [0.4, 0.5) is 8.78 Å². The Morgan fingerprint density at radius 1 is 0.689 bits per heavy atom. The highest BCUT2D eigenvalue weighted by Gasteiger charge is 2.65. The van der Waals surface area contributed by atoms with Crippen LogP contribution in [0.1, 0.15) is 123 Å². The van der Waals surface area contributed by atoms with Crippen molar-refractivity contribution >= 4 is 11.6 Å². The van der Waals surface area contributed by atoms with Gasteiger partial charge in [-0.2, -0.15) is 0 Å². The second kappa shape index (κ2) is 11.1.